The fraction of sp³-hybridized carbons (Fsp3) is 0.524. The zero-order valence-corrected chi connectivity index (χ0v) is 19.2. The molecule has 1 aliphatic rings. The number of methoxy groups -OCH3 is 1. The van der Waals surface area contributed by atoms with Crippen LogP contribution in [0.5, 0.6) is 0 Å². The molecule has 0 unspecified atom stereocenters. The molecule has 3 aromatic heterocycles. The Morgan fingerprint density at radius 3 is 2.77 bits per heavy atom. The largest absolute Gasteiger partial charge is 0.443 e. The van der Waals surface area contributed by atoms with Gasteiger partial charge in [-0.25, -0.2) is 18.7 Å². The molecule has 0 spiro atoms. The number of alkyl carbamates (subject to hydrolysis) is 1. The quantitative estimate of drug-likeness (QED) is 0.419. The average Bonchev–Trinajstić information content (AvgIpc) is 3.46. The molecule has 0 aromatic carbocycles. The summed E-state index contributed by atoms with van der Waals surface area (Å²) in [6.07, 6.45) is -6.24. The van der Waals surface area contributed by atoms with Gasteiger partial charge >= 0.3 is 12.3 Å². The summed E-state index contributed by atoms with van der Waals surface area (Å²) in [7, 11) is 1.45. The van der Waals surface area contributed by atoms with E-state index in [9.17, 15) is 18.0 Å². The second-order valence-electron chi connectivity index (χ2n) is 8.58. The van der Waals surface area contributed by atoms with Gasteiger partial charge < -0.3 is 20.1 Å². The summed E-state index contributed by atoms with van der Waals surface area (Å²) in [5.41, 5.74) is -0.0248. The fourth-order valence-electron chi connectivity index (χ4n) is 3.98. The van der Waals surface area contributed by atoms with Crippen molar-refractivity contribution in [1.29, 1.82) is 0 Å². The Kier molecular flexibility index (Phi) is 6.83. The maximum absolute atomic E-state index is 15.0. The first-order chi connectivity index (χ1) is 16.5. The van der Waals surface area contributed by atoms with E-state index in [2.05, 4.69) is 30.9 Å². The van der Waals surface area contributed by atoms with Crippen LogP contribution in [0.25, 0.3) is 5.52 Å². The van der Waals surface area contributed by atoms with Crippen molar-refractivity contribution < 1.29 is 31.8 Å². The lowest BCUT2D eigenvalue weighted by Crippen LogP contribution is -2.36. The van der Waals surface area contributed by atoms with Gasteiger partial charge in [-0.15, -0.1) is 0 Å². The van der Waals surface area contributed by atoms with Crippen molar-refractivity contribution >= 4 is 23.2 Å². The summed E-state index contributed by atoms with van der Waals surface area (Å²) in [6.45, 7) is 3.63. The van der Waals surface area contributed by atoms with Crippen molar-refractivity contribution in [3.8, 4) is 0 Å². The summed E-state index contributed by atoms with van der Waals surface area (Å²) < 4.78 is 66.4. The molecular weight excluding hydrogens is 474 g/mol. The maximum Gasteiger partial charge on any atom is 0.434 e. The molecule has 3 N–H and O–H groups in total. The highest BCUT2D eigenvalue weighted by Gasteiger charge is 2.41. The number of H-pyrrole nitrogens is 1. The summed E-state index contributed by atoms with van der Waals surface area (Å²) in [5.74, 6) is -0.590. The van der Waals surface area contributed by atoms with Crippen LogP contribution in [0.2, 0.25) is 0 Å². The maximum atomic E-state index is 15.0. The molecule has 1 amide bonds. The van der Waals surface area contributed by atoms with E-state index in [0.29, 0.717) is 24.2 Å². The minimum Gasteiger partial charge on any atom is -0.443 e. The first-order valence-corrected chi connectivity index (χ1v) is 10.9. The normalized spacial score (nSPS) is 20.5. The Morgan fingerprint density at radius 2 is 2.09 bits per heavy atom. The Labute approximate surface area is 197 Å². The van der Waals surface area contributed by atoms with E-state index in [4.69, 9.17) is 9.47 Å². The number of nitrogens with one attached hydrogen (secondary N) is 3. The smallest absolute Gasteiger partial charge is 0.434 e. The molecule has 0 radical (unpaired) electrons. The molecule has 3 aromatic rings. The van der Waals surface area contributed by atoms with E-state index in [0.717, 1.165) is 10.7 Å². The number of hydrogen-bond acceptors (Lipinski definition) is 7. The summed E-state index contributed by atoms with van der Waals surface area (Å²) in [6, 6.07) is 2.90. The van der Waals surface area contributed by atoms with Gasteiger partial charge in [0.2, 0.25) is 0 Å². The van der Waals surface area contributed by atoms with Crippen LogP contribution in [0, 0.1) is 0 Å². The number of alkyl halides is 4. The number of aromatic nitrogens is 5. The highest BCUT2D eigenvalue weighted by atomic mass is 19.4. The molecule has 190 valence electrons. The molecule has 14 heteroatoms. The van der Waals surface area contributed by atoms with Crippen molar-refractivity contribution in [3.63, 3.8) is 0 Å². The lowest BCUT2D eigenvalue weighted by molar-refractivity contribution is -0.141. The van der Waals surface area contributed by atoms with Crippen LogP contribution < -0.4 is 10.6 Å². The zero-order chi connectivity index (χ0) is 25.3. The molecular formula is C21H25F4N7O3. The Morgan fingerprint density at radius 1 is 1.31 bits per heavy atom. The predicted molar refractivity (Wildman–Crippen MR) is 116 cm³/mol. The van der Waals surface area contributed by atoms with Gasteiger partial charge in [0.1, 0.15) is 17.8 Å². The second-order valence-corrected chi connectivity index (χ2v) is 8.58. The molecule has 1 aliphatic carbocycles. The number of hydrogen-bond donors (Lipinski definition) is 3. The number of aromatic amines is 1. The van der Waals surface area contributed by atoms with Crippen LogP contribution in [-0.4, -0.2) is 56.3 Å². The van der Waals surface area contributed by atoms with Crippen molar-refractivity contribution in [2.45, 2.75) is 63.7 Å². The number of carbonyl (C=O) groups excluding carboxylic acids is 1. The van der Waals surface area contributed by atoms with Gasteiger partial charge in [-0.3, -0.25) is 5.10 Å². The number of nitrogens with zero attached hydrogens (tertiary/aromatic N) is 4. The Bertz CT molecular complexity index is 1190. The van der Waals surface area contributed by atoms with Crippen LogP contribution in [0.15, 0.2) is 18.3 Å². The van der Waals surface area contributed by atoms with Crippen LogP contribution in [-0.2, 0) is 22.3 Å². The van der Waals surface area contributed by atoms with E-state index < -0.39 is 36.2 Å². The van der Waals surface area contributed by atoms with Gasteiger partial charge in [0.15, 0.2) is 17.3 Å². The molecule has 3 atom stereocenters. The van der Waals surface area contributed by atoms with Crippen molar-refractivity contribution in [1.82, 2.24) is 30.1 Å². The summed E-state index contributed by atoms with van der Waals surface area (Å²) in [5, 5.41) is 16.2. The molecule has 0 saturated heterocycles. The third-order valence-electron chi connectivity index (χ3n) is 5.50. The molecule has 35 heavy (non-hydrogen) atoms. The number of fused-ring (bicyclic) bond motifs is 1. The number of rotatable bonds is 7. The Hall–Kier alpha value is -3.42. The summed E-state index contributed by atoms with van der Waals surface area (Å²) in [4.78, 5) is 15.5. The Balaban J connectivity index is 1.54. The van der Waals surface area contributed by atoms with Crippen molar-refractivity contribution in [3.05, 3.63) is 35.4 Å². The van der Waals surface area contributed by atoms with Gasteiger partial charge in [0.05, 0.1) is 18.5 Å². The number of amides is 1. The predicted octanol–water partition coefficient (Wildman–Crippen LogP) is 4.08. The number of anilines is 2. The molecule has 1 fully saturated rings. The summed E-state index contributed by atoms with van der Waals surface area (Å²) >= 11 is 0. The van der Waals surface area contributed by atoms with Crippen molar-refractivity contribution in [2.75, 3.05) is 12.4 Å². The molecule has 0 bridgehead atoms. The van der Waals surface area contributed by atoms with Gasteiger partial charge in [-0.05, 0) is 32.8 Å². The van der Waals surface area contributed by atoms with E-state index in [1.165, 1.54) is 13.2 Å². The highest BCUT2D eigenvalue weighted by molar-refractivity contribution is 5.72. The van der Waals surface area contributed by atoms with E-state index >= 15 is 4.39 Å². The third-order valence-corrected chi connectivity index (χ3v) is 5.50. The third kappa shape index (κ3) is 5.47. The molecule has 3 heterocycles. The number of carbonyl (C=O) groups is 1. The average molecular weight is 499 g/mol. The first kappa shape index (κ1) is 24.7. The van der Waals surface area contributed by atoms with Crippen LogP contribution in [0.3, 0.4) is 0 Å². The van der Waals surface area contributed by atoms with E-state index in [1.54, 1.807) is 19.9 Å². The topological polar surface area (TPSA) is 118 Å². The van der Waals surface area contributed by atoms with E-state index in [1.807, 2.05) is 0 Å². The molecule has 10 nitrogen and oxygen atoms in total. The molecule has 0 aliphatic heterocycles. The van der Waals surface area contributed by atoms with Crippen LogP contribution in [0.1, 0.15) is 49.7 Å². The van der Waals surface area contributed by atoms with Crippen LogP contribution >= 0.6 is 0 Å². The van der Waals surface area contributed by atoms with Gasteiger partial charge in [0.25, 0.3) is 0 Å². The van der Waals surface area contributed by atoms with E-state index in [-0.39, 0.29) is 29.8 Å². The lowest BCUT2D eigenvalue weighted by atomic mass is 10.0. The first-order valence-electron chi connectivity index (χ1n) is 10.9. The van der Waals surface area contributed by atoms with Gasteiger partial charge in [-0.2, -0.15) is 23.4 Å². The van der Waals surface area contributed by atoms with Gasteiger partial charge in [0, 0.05) is 30.8 Å². The number of halogens is 4. The van der Waals surface area contributed by atoms with Crippen LogP contribution in [0.4, 0.5) is 34.0 Å². The lowest BCUT2D eigenvalue weighted by Gasteiger charge is -2.18. The van der Waals surface area contributed by atoms with Gasteiger partial charge in [-0.1, -0.05) is 0 Å². The second kappa shape index (κ2) is 9.68. The van der Waals surface area contributed by atoms with Crippen molar-refractivity contribution in [2.24, 2.45) is 0 Å². The monoisotopic (exact) mass is 499 g/mol. The fourth-order valence-corrected chi connectivity index (χ4v) is 3.98. The molecule has 1 saturated carbocycles. The minimum atomic E-state index is -4.70. The zero-order valence-electron chi connectivity index (χ0n) is 19.2. The number of ether oxygens (including phenoxy) is 2. The standard InChI is InChI=1S/C21H25F4N7O3/c1-10(2)26-20(33)35-15-5-4-12(18(15)22)13-7-17(30-29-13)28-19-14-6-11(9-34-3)31-32(14)8-16(27-19)21(23,24)25/h6-8,10,12,15,18H,4-5,9H2,1-3H3,(H,26,33)(H2,27,28,29,30)/t12-,15-,18+/m0/s1. The highest BCUT2D eigenvalue weighted by Crippen LogP contribution is 2.39. The minimum absolute atomic E-state index is 0.104. The molecule has 4 rings (SSSR count). The SMILES string of the molecule is COCc1cc2c(Nc3cc([C@@H]4CC[C@H](OC(=O)NC(C)C)[C@@H]4F)[nH]n3)nc(C(F)(F)F)cn2n1.